The Labute approximate surface area is 463 Å². The van der Waals surface area contributed by atoms with Gasteiger partial charge in [-0.25, -0.2) is 4.79 Å². The van der Waals surface area contributed by atoms with Crippen LogP contribution >= 0.6 is 0 Å². The minimum atomic E-state index is -1.51. The first-order chi connectivity index (χ1) is 36.3. The van der Waals surface area contributed by atoms with Gasteiger partial charge >= 0.3 is 5.97 Å². The molecule has 0 aromatic heterocycles. The van der Waals surface area contributed by atoms with Gasteiger partial charge in [0.1, 0.15) is 48.3 Å². The lowest BCUT2D eigenvalue weighted by Crippen LogP contribution is -2.61. The number of aliphatic carboxylic acids is 1. The van der Waals surface area contributed by atoms with Gasteiger partial charge in [0.2, 0.25) is 59.1 Å². The van der Waals surface area contributed by atoms with E-state index >= 15 is 0 Å². The normalized spacial score (nSPS) is 15.0. The number of nitrogens with two attached hydrogens (primary N) is 2. The Kier molecular flexibility index (Phi) is 35.0. The van der Waals surface area contributed by atoms with Gasteiger partial charge in [-0.05, 0) is 86.9 Å². The Morgan fingerprint density at radius 3 is 1.04 bits per heavy atom. The molecule has 0 rings (SSSR count). The van der Waals surface area contributed by atoms with Crippen molar-refractivity contribution in [3.63, 3.8) is 0 Å². The van der Waals surface area contributed by atoms with Gasteiger partial charge in [-0.3, -0.25) is 47.9 Å². The van der Waals surface area contributed by atoms with Crippen molar-refractivity contribution in [3.8, 4) is 0 Å². The summed E-state index contributed by atoms with van der Waals surface area (Å²) in [6.45, 7) is 23.4. The molecular formula is C55H100N10O13. The maximum Gasteiger partial charge on any atom is 0.326 e. The van der Waals surface area contributed by atoms with Gasteiger partial charge in [-0.2, -0.15) is 0 Å². The molecule has 0 saturated carbocycles. The van der Waals surface area contributed by atoms with Crippen LogP contribution in [0.1, 0.15) is 193 Å². The van der Waals surface area contributed by atoms with Crippen LogP contribution in [0.2, 0.25) is 0 Å². The first kappa shape index (κ1) is 72.1. The van der Waals surface area contributed by atoms with Crippen molar-refractivity contribution in [1.82, 2.24) is 42.5 Å². The molecule has 0 heterocycles. The number of hydrogen-bond acceptors (Lipinski definition) is 12. The predicted molar refractivity (Wildman–Crippen MR) is 296 cm³/mol. The summed E-state index contributed by atoms with van der Waals surface area (Å²) in [4.78, 5) is 147. The van der Waals surface area contributed by atoms with Crippen LogP contribution in [0.25, 0.3) is 0 Å². The average molecular weight is 1110 g/mol. The molecule has 448 valence electrons. The van der Waals surface area contributed by atoms with Crippen LogP contribution in [0, 0.1) is 35.5 Å². The average Bonchev–Trinajstić information content (AvgIpc) is 3.30. The molecule has 0 aromatic carbocycles. The molecule has 23 nitrogen and oxygen atoms in total. The summed E-state index contributed by atoms with van der Waals surface area (Å²) in [6.07, 6.45) is 3.31. The van der Waals surface area contributed by atoms with Crippen LogP contribution in [0.4, 0.5) is 0 Å². The van der Waals surface area contributed by atoms with Crippen LogP contribution in [-0.2, 0) is 52.7 Å². The Bertz CT molecular complexity index is 1950. The Hall–Kier alpha value is -5.87. The van der Waals surface area contributed by atoms with Crippen LogP contribution < -0.4 is 54.0 Å². The largest absolute Gasteiger partial charge is 0.480 e. The number of carbonyl (C=O) groups is 11. The minimum Gasteiger partial charge on any atom is -0.480 e. The fraction of sp³-hybridized carbons (Fsp3) is 0.800. The maximum atomic E-state index is 14.2. The summed E-state index contributed by atoms with van der Waals surface area (Å²) >= 11 is 0. The molecule has 9 atom stereocenters. The lowest BCUT2D eigenvalue weighted by molar-refractivity contribution is -0.143. The van der Waals surface area contributed by atoms with Crippen molar-refractivity contribution in [1.29, 1.82) is 0 Å². The molecule has 0 aliphatic heterocycles. The number of carboxylic acid groups (broad SMARTS) is 1. The lowest BCUT2D eigenvalue weighted by atomic mass is 9.98. The van der Waals surface area contributed by atoms with Gasteiger partial charge < -0.3 is 64.2 Å². The number of carbonyl (C=O) groups excluding carboxylic acids is 10. The van der Waals surface area contributed by atoms with E-state index in [0.29, 0.717) is 6.42 Å². The molecule has 0 fully saturated rings. The van der Waals surface area contributed by atoms with Crippen molar-refractivity contribution >= 4 is 65.0 Å². The molecule has 0 saturated heterocycles. The van der Waals surface area contributed by atoms with Crippen LogP contribution in [0.5, 0.6) is 0 Å². The summed E-state index contributed by atoms with van der Waals surface area (Å²) in [6, 6.07) is -10.4. The van der Waals surface area contributed by atoms with Gasteiger partial charge in [-0.1, -0.05) is 122 Å². The van der Waals surface area contributed by atoms with Crippen molar-refractivity contribution in [2.24, 2.45) is 47.0 Å². The van der Waals surface area contributed by atoms with Gasteiger partial charge in [0.05, 0.1) is 12.5 Å². The van der Waals surface area contributed by atoms with E-state index in [2.05, 4.69) is 49.5 Å². The van der Waals surface area contributed by atoms with E-state index in [0.717, 1.165) is 32.1 Å². The molecule has 0 bridgehead atoms. The standard InChI is InChI=1S/C55H100N10O13/c1-14-15-16-17-18-19-36(66)29-46(69)58-39(24-30(2)3)50(72)62-41(26-32(6)7)52(74)59-37(20-22-44(56)67)48(70)61-40(25-31(4)5)51(73)60-38(21-23-45(57)68)49(71)65-47(35(12)13)54(76)63-42(27-33(8)9)53(75)64-43(55(77)78)28-34(10)11/h30-43,47,66H,14-29H2,1-13H3,(H2,56,67)(H2,57,68)(H,58,69)(H,59,74)(H,60,73)(H,61,70)(H,62,72)(H,63,76)(H,64,75)(H,65,71)(H,77,78). The van der Waals surface area contributed by atoms with Crippen molar-refractivity contribution < 1.29 is 63.0 Å². The number of hydrogen-bond donors (Lipinski definition) is 12. The Balaban J connectivity index is 6.68. The summed E-state index contributed by atoms with van der Waals surface area (Å²) < 4.78 is 0. The summed E-state index contributed by atoms with van der Waals surface area (Å²) in [5, 5.41) is 41.4. The third-order valence-electron chi connectivity index (χ3n) is 12.6. The summed E-state index contributed by atoms with van der Waals surface area (Å²) in [7, 11) is 0. The quantitative estimate of drug-likeness (QED) is 0.0392. The fourth-order valence-corrected chi connectivity index (χ4v) is 8.58. The minimum absolute atomic E-state index is 0.0145. The zero-order valence-corrected chi connectivity index (χ0v) is 49.0. The highest BCUT2D eigenvalue weighted by molar-refractivity contribution is 5.98. The number of unbranched alkanes of at least 4 members (excludes halogenated alkanes) is 4. The molecule has 9 unspecified atom stereocenters. The molecule has 0 spiro atoms. The van der Waals surface area contributed by atoms with Crippen molar-refractivity contribution in [2.75, 3.05) is 0 Å². The maximum absolute atomic E-state index is 14.2. The highest BCUT2D eigenvalue weighted by Gasteiger charge is 2.36. The zero-order chi connectivity index (χ0) is 60.0. The fourth-order valence-electron chi connectivity index (χ4n) is 8.58. The SMILES string of the molecule is CCCCCCCC(O)CC(=O)NC(CC(C)C)C(=O)NC(CC(C)C)C(=O)NC(CCC(N)=O)C(=O)NC(CC(C)C)C(=O)NC(CCC(N)=O)C(=O)NC(C(=O)NC(CC(C)C)C(=O)NC(CC(C)C)C(=O)O)C(C)C. The van der Waals surface area contributed by atoms with Gasteiger partial charge in [-0.15, -0.1) is 0 Å². The van der Waals surface area contributed by atoms with Gasteiger partial charge in [0, 0.05) is 12.8 Å². The third-order valence-corrected chi connectivity index (χ3v) is 12.6. The van der Waals surface area contributed by atoms with Crippen molar-refractivity contribution in [2.45, 2.75) is 247 Å². The second kappa shape index (κ2) is 37.9. The number of aliphatic hydroxyl groups is 1. The van der Waals surface area contributed by atoms with Gasteiger partial charge in [0.15, 0.2) is 0 Å². The molecule has 10 amide bonds. The lowest BCUT2D eigenvalue weighted by Gasteiger charge is -2.30. The van der Waals surface area contributed by atoms with E-state index in [1.807, 2.05) is 41.5 Å². The highest BCUT2D eigenvalue weighted by Crippen LogP contribution is 2.16. The first-order valence-corrected chi connectivity index (χ1v) is 28.2. The molecular weight excluding hydrogens is 1010 g/mol. The number of aliphatic hydroxyl groups excluding tert-OH is 1. The molecule has 0 radical (unpaired) electrons. The zero-order valence-electron chi connectivity index (χ0n) is 49.0. The van der Waals surface area contributed by atoms with Crippen LogP contribution in [0.15, 0.2) is 0 Å². The Morgan fingerprint density at radius 1 is 0.385 bits per heavy atom. The number of nitrogens with one attached hydrogen (secondary N) is 8. The summed E-state index contributed by atoms with van der Waals surface area (Å²) in [5.41, 5.74) is 10.9. The molecule has 0 aliphatic carbocycles. The van der Waals surface area contributed by atoms with E-state index in [4.69, 9.17) is 11.5 Å². The molecule has 0 aromatic rings. The van der Waals surface area contributed by atoms with E-state index < -0.39 is 132 Å². The van der Waals surface area contributed by atoms with Crippen molar-refractivity contribution in [3.05, 3.63) is 0 Å². The molecule has 14 N–H and O–H groups in total. The summed E-state index contributed by atoms with van der Waals surface area (Å²) in [5.74, 6) is -10.4. The van der Waals surface area contributed by atoms with E-state index in [1.165, 1.54) is 0 Å². The van der Waals surface area contributed by atoms with E-state index in [-0.39, 0.29) is 87.4 Å². The Morgan fingerprint density at radius 2 is 0.692 bits per heavy atom. The number of primary amides is 2. The highest BCUT2D eigenvalue weighted by atomic mass is 16.4. The molecule has 78 heavy (non-hydrogen) atoms. The second-order valence-corrected chi connectivity index (χ2v) is 23.3. The predicted octanol–water partition coefficient (Wildman–Crippen LogP) is 2.48. The number of carboxylic acids is 1. The van der Waals surface area contributed by atoms with Crippen LogP contribution in [0.3, 0.4) is 0 Å². The monoisotopic (exact) mass is 1110 g/mol. The number of amides is 10. The topological polar surface area (TPSA) is 377 Å². The number of rotatable bonds is 41. The first-order valence-electron chi connectivity index (χ1n) is 28.2. The second-order valence-electron chi connectivity index (χ2n) is 23.3. The van der Waals surface area contributed by atoms with Crippen LogP contribution in [-0.4, -0.2) is 130 Å². The molecule has 23 heteroatoms. The van der Waals surface area contributed by atoms with E-state index in [1.54, 1.807) is 41.5 Å². The van der Waals surface area contributed by atoms with Gasteiger partial charge in [0.25, 0.3) is 0 Å². The molecule has 0 aliphatic rings. The third kappa shape index (κ3) is 31.5. The van der Waals surface area contributed by atoms with E-state index in [9.17, 15) is 63.0 Å². The smallest absolute Gasteiger partial charge is 0.326 e.